The summed E-state index contributed by atoms with van der Waals surface area (Å²) in [6.45, 7) is 1.96. The average Bonchev–Trinajstić information content (AvgIpc) is 2.85. The minimum atomic E-state index is -0.965. The van der Waals surface area contributed by atoms with Gasteiger partial charge in [0, 0.05) is 36.4 Å². The van der Waals surface area contributed by atoms with Gasteiger partial charge in [-0.05, 0) is 80.2 Å². The molecule has 2 heterocycles. The number of aromatic nitrogens is 1. The first kappa shape index (κ1) is 24.7. The standard InChI is InChI=1S/C27H30F2N4O2/c1-33-10-7-19(8-11-33)25(34)15-21(12-17-3-5-23(28)24(29)14-17)27(35)32-16-18-2-4-22-20(13-18)6-9-31-26(22)30/h2-6,9,13-14,19,21H,7-8,10-12,15-16H2,1H3,(H2,30,31)(H,32,35)/t21-/m1/s1. The first-order valence-corrected chi connectivity index (χ1v) is 11.9. The normalized spacial score (nSPS) is 15.7. The number of ketones is 1. The predicted molar refractivity (Wildman–Crippen MR) is 131 cm³/mol. The number of benzene rings is 2. The third-order valence-corrected chi connectivity index (χ3v) is 6.78. The van der Waals surface area contributed by atoms with E-state index < -0.39 is 17.6 Å². The third kappa shape index (κ3) is 6.19. The Morgan fingerprint density at radius 2 is 1.83 bits per heavy atom. The predicted octanol–water partition coefficient (Wildman–Crippen LogP) is 3.87. The van der Waals surface area contributed by atoms with Gasteiger partial charge in [-0.2, -0.15) is 0 Å². The first-order valence-electron chi connectivity index (χ1n) is 11.9. The van der Waals surface area contributed by atoms with Crippen LogP contribution in [0.4, 0.5) is 14.6 Å². The van der Waals surface area contributed by atoms with Crippen LogP contribution in [-0.4, -0.2) is 41.7 Å². The number of fused-ring (bicyclic) bond motifs is 1. The van der Waals surface area contributed by atoms with Crippen LogP contribution in [-0.2, 0) is 22.6 Å². The van der Waals surface area contributed by atoms with Crippen LogP contribution in [0, 0.1) is 23.5 Å². The van der Waals surface area contributed by atoms with Crippen molar-refractivity contribution in [3.05, 3.63) is 71.4 Å². The van der Waals surface area contributed by atoms with E-state index in [1.807, 2.05) is 31.3 Å². The van der Waals surface area contributed by atoms with Crippen molar-refractivity contribution >= 4 is 28.3 Å². The van der Waals surface area contributed by atoms with Crippen molar-refractivity contribution < 1.29 is 18.4 Å². The summed E-state index contributed by atoms with van der Waals surface area (Å²) in [6, 6.07) is 11.1. The van der Waals surface area contributed by atoms with Crippen molar-refractivity contribution in [2.45, 2.75) is 32.2 Å². The van der Waals surface area contributed by atoms with Gasteiger partial charge >= 0.3 is 0 Å². The van der Waals surface area contributed by atoms with Gasteiger partial charge < -0.3 is 16.0 Å². The number of nitrogens with zero attached hydrogens (tertiary/aromatic N) is 2. The van der Waals surface area contributed by atoms with E-state index in [9.17, 15) is 18.4 Å². The van der Waals surface area contributed by atoms with Crippen molar-refractivity contribution in [2.75, 3.05) is 25.9 Å². The van der Waals surface area contributed by atoms with Gasteiger partial charge in [0.05, 0.1) is 0 Å². The molecule has 1 atom stereocenters. The van der Waals surface area contributed by atoms with Gasteiger partial charge in [-0.3, -0.25) is 9.59 Å². The molecule has 0 bridgehead atoms. The molecule has 3 aromatic rings. The maximum absolute atomic E-state index is 13.8. The van der Waals surface area contributed by atoms with Gasteiger partial charge in [-0.15, -0.1) is 0 Å². The van der Waals surface area contributed by atoms with Gasteiger partial charge in [0.1, 0.15) is 11.6 Å². The number of nitrogens with two attached hydrogens (primary N) is 1. The molecule has 4 rings (SSSR count). The van der Waals surface area contributed by atoms with E-state index in [0.717, 1.165) is 54.4 Å². The number of pyridine rings is 1. The summed E-state index contributed by atoms with van der Waals surface area (Å²) < 4.78 is 27.2. The Kier molecular flexibility index (Phi) is 7.70. The second-order valence-corrected chi connectivity index (χ2v) is 9.37. The number of halogens is 2. The molecule has 0 radical (unpaired) electrons. The molecule has 0 spiro atoms. The van der Waals surface area contributed by atoms with Gasteiger partial charge in [-0.25, -0.2) is 13.8 Å². The molecule has 184 valence electrons. The van der Waals surface area contributed by atoms with E-state index in [0.29, 0.717) is 11.4 Å². The average molecular weight is 481 g/mol. The van der Waals surface area contributed by atoms with Crippen molar-refractivity contribution in [3.63, 3.8) is 0 Å². The van der Waals surface area contributed by atoms with Crippen molar-refractivity contribution in [1.82, 2.24) is 15.2 Å². The maximum Gasteiger partial charge on any atom is 0.224 e. The Balaban J connectivity index is 1.47. The number of Topliss-reactive ketones (excluding diaryl/α,β-unsaturated/α-hetero) is 1. The minimum absolute atomic E-state index is 0.0505. The molecule has 1 aliphatic heterocycles. The lowest BCUT2D eigenvalue weighted by atomic mass is 9.85. The second-order valence-electron chi connectivity index (χ2n) is 9.37. The van der Waals surface area contributed by atoms with E-state index in [-0.39, 0.29) is 37.0 Å². The quantitative estimate of drug-likeness (QED) is 0.511. The van der Waals surface area contributed by atoms with Crippen molar-refractivity contribution in [1.29, 1.82) is 0 Å². The lowest BCUT2D eigenvalue weighted by Gasteiger charge is -2.29. The molecule has 3 N–H and O–H groups in total. The molecule has 0 aliphatic carbocycles. The number of hydrogen-bond acceptors (Lipinski definition) is 5. The molecule has 0 unspecified atom stereocenters. The smallest absolute Gasteiger partial charge is 0.224 e. The number of nitrogens with one attached hydrogen (secondary N) is 1. The summed E-state index contributed by atoms with van der Waals surface area (Å²) in [5.41, 5.74) is 7.27. The summed E-state index contributed by atoms with van der Waals surface area (Å²) in [5.74, 6) is -2.45. The van der Waals surface area contributed by atoms with E-state index >= 15 is 0 Å². The van der Waals surface area contributed by atoms with E-state index in [4.69, 9.17) is 5.73 Å². The molecule has 1 aliphatic rings. The highest BCUT2D eigenvalue weighted by molar-refractivity contribution is 5.91. The number of carbonyl (C=O) groups excluding carboxylic acids is 2. The van der Waals surface area contributed by atoms with Crippen molar-refractivity contribution in [2.24, 2.45) is 11.8 Å². The summed E-state index contributed by atoms with van der Waals surface area (Å²) in [6.07, 6.45) is 3.39. The number of amides is 1. The Morgan fingerprint density at radius 3 is 2.57 bits per heavy atom. The number of nitrogen functional groups attached to an aromatic ring is 1. The van der Waals surface area contributed by atoms with Crippen LogP contribution in [0.5, 0.6) is 0 Å². The topological polar surface area (TPSA) is 88.3 Å². The molecule has 35 heavy (non-hydrogen) atoms. The molecule has 0 saturated carbocycles. The van der Waals surface area contributed by atoms with Crippen LogP contribution in [0.15, 0.2) is 48.7 Å². The Labute approximate surface area is 203 Å². The fourth-order valence-electron chi connectivity index (χ4n) is 4.64. The molecule has 1 fully saturated rings. The highest BCUT2D eigenvalue weighted by Gasteiger charge is 2.29. The van der Waals surface area contributed by atoms with E-state index in [2.05, 4.69) is 15.2 Å². The van der Waals surface area contributed by atoms with Gasteiger partial charge in [-0.1, -0.05) is 18.2 Å². The molecular formula is C27H30F2N4O2. The fourth-order valence-corrected chi connectivity index (χ4v) is 4.64. The Bertz CT molecular complexity index is 1230. The van der Waals surface area contributed by atoms with Crippen LogP contribution in [0.25, 0.3) is 10.8 Å². The third-order valence-electron chi connectivity index (χ3n) is 6.78. The summed E-state index contributed by atoms with van der Waals surface area (Å²) in [4.78, 5) is 32.5. The first-order chi connectivity index (χ1) is 16.8. The van der Waals surface area contributed by atoms with Gasteiger partial charge in [0.25, 0.3) is 0 Å². The summed E-state index contributed by atoms with van der Waals surface area (Å²) >= 11 is 0. The van der Waals surface area contributed by atoms with Crippen LogP contribution in [0.1, 0.15) is 30.4 Å². The number of likely N-dealkylation sites (tertiary alicyclic amines) is 1. The van der Waals surface area contributed by atoms with Crippen molar-refractivity contribution in [3.8, 4) is 0 Å². The largest absolute Gasteiger partial charge is 0.383 e. The molecule has 1 aromatic heterocycles. The highest BCUT2D eigenvalue weighted by Crippen LogP contribution is 2.24. The van der Waals surface area contributed by atoms with Crippen LogP contribution < -0.4 is 11.1 Å². The molecule has 1 amide bonds. The lowest BCUT2D eigenvalue weighted by molar-refractivity contribution is -0.131. The zero-order valence-electron chi connectivity index (χ0n) is 19.8. The summed E-state index contributed by atoms with van der Waals surface area (Å²) in [5, 5.41) is 4.68. The molecule has 8 heteroatoms. The van der Waals surface area contributed by atoms with Crippen LogP contribution in [0.3, 0.4) is 0 Å². The Morgan fingerprint density at radius 1 is 1.09 bits per heavy atom. The monoisotopic (exact) mass is 480 g/mol. The number of hydrogen-bond donors (Lipinski definition) is 2. The zero-order valence-corrected chi connectivity index (χ0v) is 19.8. The number of piperidine rings is 1. The van der Waals surface area contributed by atoms with E-state index in [1.54, 1.807) is 6.20 Å². The molecular weight excluding hydrogens is 450 g/mol. The summed E-state index contributed by atoms with van der Waals surface area (Å²) in [7, 11) is 2.03. The number of anilines is 1. The minimum Gasteiger partial charge on any atom is -0.383 e. The Hall–Kier alpha value is -3.39. The van der Waals surface area contributed by atoms with Crippen LogP contribution in [0.2, 0.25) is 0 Å². The van der Waals surface area contributed by atoms with E-state index in [1.165, 1.54) is 6.07 Å². The molecule has 1 saturated heterocycles. The molecule has 2 aromatic carbocycles. The highest BCUT2D eigenvalue weighted by atomic mass is 19.2. The molecule has 6 nitrogen and oxygen atoms in total. The van der Waals surface area contributed by atoms with Gasteiger partial charge in [0.15, 0.2) is 11.6 Å². The fraction of sp³-hybridized carbons (Fsp3) is 0.370. The second kappa shape index (κ2) is 10.9. The van der Waals surface area contributed by atoms with Gasteiger partial charge in [0.2, 0.25) is 5.91 Å². The number of carbonyl (C=O) groups is 2. The SMILES string of the molecule is CN1CCC(C(=O)C[C@@H](Cc2ccc(F)c(F)c2)C(=O)NCc2ccc3c(N)nccc3c2)CC1. The maximum atomic E-state index is 13.8. The lowest BCUT2D eigenvalue weighted by Crippen LogP contribution is -2.37. The number of rotatable bonds is 8. The van der Waals surface area contributed by atoms with Crippen LogP contribution >= 0.6 is 0 Å². The zero-order chi connectivity index (χ0) is 24.9.